The van der Waals surface area contributed by atoms with Gasteiger partial charge in [0.2, 0.25) is 0 Å². The zero-order valence-corrected chi connectivity index (χ0v) is 13.1. The molecule has 0 spiro atoms. The van der Waals surface area contributed by atoms with E-state index in [0.29, 0.717) is 18.4 Å². The third kappa shape index (κ3) is 4.02. The Morgan fingerprint density at radius 3 is 2.86 bits per heavy atom. The van der Waals surface area contributed by atoms with Crippen LogP contribution in [0.2, 0.25) is 5.02 Å². The minimum absolute atomic E-state index is 0.0949. The minimum atomic E-state index is -0.334. The van der Waals surface area contributed by atoms with E-state index in [0.717, 1.165) is 18.9 Å². The number of hydrogen-bond acceptors (Lipinski definition) is 3. The standard InChI is InChI=1S/C15H20ClFN4/c1-3-18-12(9-14-19-10-20-21(14)4-2)8-11-6-5-7-13(16)15(11)17/h5-7,10,12,18H,3-4,8-9H2,1-2H3. The van der Waals surface area contributed by atoms with Crippen LogP contribution in [0.25, 0.3) is 0 Å². The first-order valence-electron chi connectivity index (χ1n) is 7.18. The summed E-state index contributed by atoms with van der Waals surface area (Å²) in [6, 6.07) is 5.21. The summed E-state index contributed by atoms with van der Waals surface area (Å²) in [4.78, 5) is 4.28. The summed E-state index contributed by atoms with van der Waals surface area (Å²) in [6.07, 6.45) is 2.83. The van der Waals surface area contributed by atoms with Crippen molar-refractivity contribution in [1.82, 2.24) is 20.1 Å². The van der Waals surface area contributed by atoms with Crippen LogP contribution in [0, 0.1) is 5.82 Å². The highest BCUT2D eigenvalue weighted by atomic mass is 35.5. The zero-order chi connectivity index (χ0) is 15.2. The highest BCUT2D eigenvalue weighted by Crippen LogP contribution is 2.19. The molecule has 0 aliphatic heterocycles. The number of benzene rings is 1. The average molecular weight is 311 g/mol. The molecule has 1 atom stereocenters. The molecule has 0 amide bonds. The SMILES string of the molecule is CCNC(Cc1cccc(Cl)c1F)Cc1ncnn1CC. The van der Waals surface area contributed by atoms with Crippen LogP contribution in [0.15, 0.2) is 24.5 Å². The van der Waals surface area contributed by atoms with Crippen molar-refractivity contribution in [2.24, 2.45) is 0 Å². The smallest absolute Gasteiger partial charge is 0.145 e. The Morgan fingerprint density at radius 1 is 1.33 bits per heavy atom. The Kier molecular flexibility index (Phi) is 5.70. The summed E-state index contributed by atoms with van der Waals surface area (Å²) in [5.41, 5.74) is 0.621. The maximum atomic E-state index is 14.0. The maximum absolute atomic E-state index is 14.0. The second-order valence-corrected chi connectivity index (χ2v) is 5.28. The average Bonchev–Trinajstić information content (AvgIpc) is 2.91. The van der Waals surface area contributed by atoms with E-state index in [1.165, 1.54) is 0 Å². The highest BCUT2D eigenvalue weighted by molar-refractivity contribution is 6.30. The first-order chi connectivity index (χ1) is 10.2. The fourth-order valence-electron chi connectivity index (χ4n) is 2.41. The predicted molar refractivity (Wildman–Crippen MR) is 82.0 cm³/mol. The molecule has 0 aliphatic rings. The lowest BCUT2D eigenvalue weighted by Gasteiger charge is -2.18. The molecule has 0 radical (unpaired) electrons. The molecule has 0 aliphatic carbocycles. The fourth-order valence-corrected chi connectivity index (χ4v) is 2.60. The molecule has 2 rings (SSSR count). The Labute approximate surface area is 129 Å². The summed E-state index contributed by atoms with van der Waals surface area (Å²) in [5, 5.41) is 7.71. The largest absolute Gasteiger partial charge is 0.313 e. The molecule has 1 heterocycles. The van der Waals surface area contributed by atoms with E-state index in [9.17, 15) is 4.39 Å². The topological polar surface area (TPSA) is 42.7 Å². The second kappa shape index (κ2) is 7.52. The molecule has 6 heteroatoms. The molecule has 21 heavy (non-hydrogen) atoms. The van der Waals surface area contributed by atoms with Crippen molar-refractivity contribution >= 4 is 11.6 Å². The van der Waals surface area contributed by atoms with Crippen LogP contribution in [-0.4, -0.2) is 27.4 Å². The third-order valence-corrected chi connectivity index (χ3v) is 3.71. The zero-order valence-electron chi connectivity index (χ0n) is 12.3. The number of likely N-dealkylation sites (N-methyl/N-ethyl adjacent to an activating group) is 1. The molecular formula is C15H20ClFN4. The van der Waals surface area contributed by atoms with Crippen LogP contribution < -0.4 is 5.32 Å². The Morgan fingerprint density at radius 2 is 2.14 bits per heavy atom. The predicted octanol–water partition coefficient (Wildman–Crippen LogP) is 2.85. The molecule has 2 aromatic rings. The van der Waals surface area contributed by atoms with Gasteiger partial charge in [0, 0.05) is 19.0 Å². The van der Waals surface area contributed by atoms with Crippen LogP contribution in [0.1, 0.15) is 25.2 Å². The van der Waals surface area contributed by atoms with Gasteiger partial charge >= 0.3 is 0 Å². The Hall–Kier alpha value is -1.46. The Balaban J connectivity index is 2.14. The van der Waals surface area contributed by atoms with Crippen LogP contribution in [-0.2, 0) is 19.4 Å². The van der Waals surface area contributed by atoms with Crippen molar-refractivity contribution in [3.8, 4) is 0 Å². The summed E-state index contributed by atoms with van der Waals surface area (Å²) in [6.45, 7) is 5.65. The number of rotatable bonds is 7. The van der Waals surface area contributed by atoms with Gasteiger partial charge in [0.15, 0.2) is 0 Å². The molecule has 1 aromatic carbocycles. The van der Waals surface area contributed by atoms with E-state index in [1.807, 2.05) is 18.5 Å². The summed E-state index contributed by atoms with van der Waals surface area (Å²) in [7, 11) is 0. The van der Waals surface area contributed by atoms with Crippen molar-refractivity contribution in [3.63, 3.8) is 0 Å². The molecule has 1 aromatic heterocycles. The van der Waals surface area contributed by atoms with Crippen molar-refractivity contribution in [3.05, 3.63) is 46.8 Å². The molecule has 0 saturated carbocycles. The minimum Gasteiger partial charge on any atom is -0.313 e. The van der Waals surface area contributed by atoms with Gasteiger partial charge in [-0.1, -0.05) is 30.7 Å². The van der Waals surface area contributed by atoms with Gasteiger partial charge in [-0.2, -0.15) is 5.10 Å². The lowest BCUT2D eigenvalue weighted by molar-refractivity contribution is 0.480. The van der Waals surface area contributed by atoms with Gasteiger partial charge in [-0.05, 0) is 31.5 Å². The Bertz CT molecular complexity index is 585. The van der Waals surface area contributed by atoms with E-state index in [-0.39, 0.29) is 16.9 Å². The van der Waals surface area contributed by atoms with E-state index >= 15 is 0 Å². The lowest BCUT2D eigenvalue weighted by Crippen LogP contribution is -2.34. The molecular weight excluding hydrogens is 291 g/mol. The number of nitrogens with one attached hydrogen (secondary N) is 1. The number of nitrogens with zero attached hydrogens (tertiary/aromatic N) is 3. The quantitative estimate of drug-likeness (QED) is 0.855. The maximum Gasteiger partial charge on any atom is 0.145 e. The molecule has 1 unspecified atom stereocenters. The highest BCUT2D eigenvalue weighted by Gasteiger charge is 2.16. The van der Waals surface area contributed by atoms with Crippen molar-refractivity contribution in [1.29, 1.82) is 0 Å². The van der Waals surface area contributed by atoms with Gasteiger partial charge in [0.25, 0.3) is 0 Å². The first kappa shape index (κ1) is 15.9. The van der Waals surface area contributed by atoms with Crippen LogP contribution in [0.4, 0.5) is 4.39 Å². The number of aromatic nitrogens is 3. The van der Waals surface area contributed by atoms with Crippen molar-refractivity contribution in [2.45, 2.75) is 39.3 Å². The normalized spacial score (nSPS) is 12.6. The molecule has 1 N–H and O–H groups in total. The van der Waals surface area contributed by atoms with Gasteiger partial charge in [-0.15, -0.1) is 0 Å². The van der Waals surface area contributed by atoms with Crippen LogP contribution in [0.5, 0.6) is 0 Å². The monoisotopic (exact) mass is 310 g/mol. The molecule has 114 valence electrons. The fraction of sp³-hybridized carbons (Fsp3) is 0.467. The first-order valence-corrected chi connectivity index (χ1v) is 7.56. The number of hydrogen-bond donors (Lipinski definition) is 1. The van der Waals surface area contributed by atoms with E-state index in [4.69, 9.17) is 11.6 Å². The summed E-state index contributed by atoms with van der Waals surface area (Å²) < 4.78 is 15.9. The molecule has 4 nitrogen and oxygen atoms in total. The molecule has 0 fully saturated rings. The van der Waals surface area contributed by atoms with Crippen LogP contribution in [0.3, 0.4) is 0 Å². The van der Waals surface area contributed by atoms with Gasteiger partial charge < -0.3 is 5.32 Å². The van der Waals surface area contributed by atoms with Gasteiger partial charge in [0.1, 0.15) is 18.0 Å². The van der Waals surface area contributed by atoms with Crippen molar-refractivity contribution < 1.29 is 4.39 Å². The molecule has 0 bridgehead atoms. The van der Waals surface area contributed by atoms with Gasteiger partial charge in [-0.25, -0.2) is 9.37 Å². The molecule has 0 saturated heterocycles. The second-order valence-electron chi connectivity index (χ2n) is 4.87. The summed E-state index contributed by atoms with van der Waals surface area (Å²) in [5.74, 6) is 0.574. The third-order valence-electron chi connectivity index (χ3n) is 3.41. The van der Waals surface area contributed by atoms with Crippen molar-refractivity contribution in [2.75, 3.05) is 6.54 Å². The summed E-state index contributed by atoms with van der Waals surface area (Å²) >= 11 is 5.84. The number of aryl methyl sites for hydroxylation is 1. The van der Waals surface area contributed by atoms with E-state index in [1.54, 1.807) is 24.5 Å². The van der Waals surface area contributed by atoms with E-state index in [2.05, 4.69) is 15.4 Å². The van der Waals surface area contributed by atoms with Gasteiger partial charge in [0.05, 0.1) is 5.02 Å². The van der Waals surface area contributed by atoms with E-state index < -0.39 is 0 Å². The lowest BCUT2D eigenvalue weighted by atomic mass is 10.0. The van der Waals surface area contributed by atoms with Gasteiger partial charge in [-0.3, -0.25) is 4.68 Å². The van der Waals surface area contributed by atoms with Crippen LogP contribution >= 0.6 is 11.6 Å². The number of halogens is 2.